The smallest absolute Gasteiger partial charge is 0.0522 e. The quantitative estimate of drug-likeness (QED) is 0.560. The summed E-state index contributed by atoms with van der Waals surface area (Å²) >= 11 is 1.76. The molecule has 3 aromatic rings. The summed E-state index contributed by atoms with van der Waals surface area (Å²) in [6.45, 7) is 2.98. The molecule has 20 heavy (non-hydrogen) atoms. The number of aromatic nitrogens is 2. The first-order chi connectivity index (χ1) is 9.81. The molecule has 0 radical (unpaired) electrons. The highest BCUT2D eigenvalue weighted by Gasteiger charge is 2.15. The van der Waals surface area contributed by atoms with E-state index in [0.29, 0.717) is 0 Å². The maximum atomic E-state index is 5.77. The van der Waals surface area contributed by atoms with Gasteiger partial charge in [0, 0.05) is 17.4 Å². The van der Waals surface area contributed by atoms with Crippen LogP contribution in [0, 0.1) is 0 Å². The molecule has 0 aliphatic rings. The van der Waals surface area contributed by atoms with Crippen LogP contribution < -0.4 is 11.3 Å². The van der Waals surface area contributed by atoms with Gasteiger partial charge < -0.3 is 0 Å². The van der Waals surface area contributed by atoms with E-state index in [1.165, 1.54) is 21.2 Å². The number of fused-ring (bicyclic) bond motifs is 1. The lowest BCUT2D eigenvalue weighted by atomic mass is 10.0. The van der Waals surface area contributed by atoms with Crippen molar-refractivity contribution in [1.29, 1.82) is 0 Å². The minimum Gasteiger partial charge on any atom is -0.273 e. The number of nitrogens with zero attached hydrogens (tertiary/aromatic N) is 2. The fourth-order valence-corrected chi connectivity index (χ4v) is 3.46. The zero-order valence-electron chi connectivity index (χ0n) is 11.4. The highest BCUT2D eigenvalue weighted by molar-refractivity contribution is 7.17. The van der Waals surface area contributed by atoms with Gasteiger partial charge in [-0.3, -0.25) is 16.0 Å². The fraction of sp³-hybridized carbons (Fsp3) is 0.267. The Balaban J connectivity index is 1.89. The van der Waals surface area contributed by atoms with E-state index in [0.717, 1.165) is 13.0 Å². The number of hydrazine groups is 1. The normalized spacial score (nSPS) is 12.9. The molecule has 5 heteroatoms. The number of thiophene rings is 1. The number of hydrogen-bond donors (Lipinski definition) is 2. The first kappa shape index (κ1) is 13.3. The third-order valence-electron chi connectivity index (χ3n) is 3.54. The molecular formula is C15H18N4S. The summed E-state index contributed by atoms with van der Waals surface area (Å²) in [5.41, 5.74) is 5.40. The minimum atomic E-state index is 0.112. The van der Waals surface area contributed by atoms with Crippen LogP contribution in [0.1, 0.15) is 24.1 Å². The Labute approximate surface area is 122 Å². The molecule has 0 bridgehead atoms. The van der Waals surface area contributed by atoms with Gasteiger partial charge in [0.25, 0.3) is 0 Å². The van der Waals surface area contributed by atoms with E-state index in [1.807, 2.05) is 10.9 Å². The number of benzene rings is 1. The van der Waals surface area contributed by atoms with Crippen LogP contribution in [0.2, 0.25) is 0 Å². The van der Waals surface area contributed by atoms with Crippen molar-refractivity contribution in [2.45, 2.75) is 25.9 Å². The monoisotopic (exact) mass is 286 g/mol. The molecule has 3 N–H and O–H groups in total. The van der Waals surface area contributed by atoms with Crippen molar-refractivity contribution in [2.75, 3.05) is 0 Å². The van der Waals surface area contributed by atoms with Gasteiger partial charge in [-0.2, -0.15) is 5.10 Å². The largest absolute Gasteiger partial charge is 0.273 e. The van der Waals surface area contributed by atoms with E-state index >= 15 is 0 Å². The van der Waals surface area contributed by atoms with Crippen LogP contribution in [0.25, 0.3) is 10.1 Å². The maximum absolute atomic E-state index is 5.77. The average molecular weight is 286 g/mol. The second-order valence-electron chi connectivity index (χ2n) is 4.81. The lowest BCUT2D eigenvalue weighted by Gasteiger charge is -2.14. The van der Waals surface area contributed by atoms with Gasteiger partial charge in [-0.1, -0.05) is 18.2 Å². The molecule has 0 amide bonds. The average Bonchev–Trinajstić information content (AvgIpc) is 3.11. The summed E-state index contributed by atoms with van der Waals surface area (Å²) in [6.07, 6.45) is 4.85. The first-order valence-electron chi connectivity index (χ1n) is 6.75. The van der Waals surface area contributed by atoms with Gasteiger partial charge in [-0.05, 0) is 41.3 Å². The van der Waals surface area contributed by atoms with Crippen molar-refractivity contribution >= 4 is 21.4 Å². The molecule has 0 spiro atoms. The molecule has 0 saturated carbocycles. The van der Waals surface area contributed by atoms with E-state index < -0.39 is 0 Å². The van der Waals surface area contributed by atoms with Crippen molar-refractivity contribution in [2.24, 2.45) is 5.84 Å². The Hall–Kier alpha value is -1.69. The zero-order valence-corrected chi connectivity index (χ0v) is 12.2. The van der Waals surface area contributed by atoms with Crippen molar-refractivity contribution < 1.29 is 0 Å². The highest BCUT2D eigenvalue weighted by atomic mass is 32.1. The molecule has 0 saturated heterocycles. The molecule has 0 fully saturated rings. The minimum absolute atomic E-state index is 0.112. The maximum Gasteiger partial charge on any atom is 0.0522 e. The van der Waals surface area contributed by atoms with Gasteiger partial charge in [0.05, 0.1) is 12.2 Å². The predicted molar refractivity (Wildman–Crippen MR) is 83.5 cm³/mol. The van der Waals surface area contributed by atoms with Gasteiger partial charge >= 0.3 is 0 Å². The molecule has 0 aliphatic heterocycles. The number of hydrogen-bond acceptors (Lipinski definition) is 4. The summed E-state index contributed by atoms with van der Waals surface area (Å²) in [5, 5.41) is 7.79. The van der Waals surface area contributed by atoms with Crippen molar-refractivity contribution in [1.82, 2.24) is 15.2 Å². The SMILES string of the molecule is CCn1cc(CC(NN)c2csc3ccccc23)cn1. The number of nitrogens with two attached hydrogens (primary N) is 1. The Kier molecular flexibility index (Phi) is 3.82. The molecule has 2 aromatic heterocycles. The van der Waals surface area contributed by atoms with Crippen LogP contribution in [0.3, 0.4) is 0 Å². The van der Waals surface area contributed by atoms with E-state index in [9.17, 15) is 0 Å². The predicted octanol–water partition coefficient (Wildman–Crippen LogP) is 2.86. The Morgan fingerprint density at radius 2 is 2.25 bits per heavy atom. The standard InChI is InChI=1S/C15H18N4S/c1-2-19-9-11(8-17-19)7-14(18-16)13-10-20-15-6-4-3-5-12(13)15/h3-6,8-10,14,18H,2,7,16H2,1H3. The topological polar surface area (TPSA) is 55.9 Å². The second-order valence-corrected chi connectivity index (χ2v) is 5.73. The van der Waals surface area contributed by atoms with E-state index in [2.05, 4.69) is 53.3 Å². The number of aryl methyl sites for hydroxylation is 1. The number of nitrogens with one attached hydrogen (secondary N) is 1. The molecule has 4 nitrogen and oxygen atoms in total. The third-order valence-corrected chi connectivity index (χ3v) is 4.52. The van der Waals surface area contributed by atoms with Gasteiger partial charge in [0.2, 0.25) is 0 Å². The Morgan fingerprint density at radius 1 is 1.40 bits per heavy atom. The summed E-state index contributed by atoms with van der Waals surface area (Å²) in [5.74, 6) is 5.77. The van der Waals surface area contributed by atoms with Crippen molar-refractivity contribution in [3.8, 4) is 0 Å². The molecule has 1 unspecified atom stereocenters. The lowest BCUT2D eigenvalue weighted by Crippen LogP contribution is -2.29. The first-order valence-corrected chi connectivity index (χ1v) is 7.63. The molecule has 2 heterocycles. The van der Waals surface area contributed by atoms with Gasteiger partial charge in [-0.25, -0.2) is 0 Å². The lowest BCUT2D eigenvalue weighted by molar-refractivity contribution is 0.556. The molecule has 104 valence electrons. The zero-order chi connectivity index (χ0) is 13.9. The van der Waals surface area contributed by atoms with E-state index in [4.69, 9.17) is 5.84 Å². The van der Waals surface area contributed by atoms with Crippen LogP contribution in [-0.4, -0.2) is 9.78 Å². The highest BCUT2D eigenvalue weighted by Crippen LogP contribution is 2.31. The van der Waals surface area contributed by atoms with Crippen LogP contribution in [0.4, 0.5) is 0 Å². The molecular weight excluding hydrogens is 268 g/mol. The molecule has 1 aromatic carbocycles. The molecule has 1 atom stereocenters. The van der Waals surface area contributed by atoms with Crippen LogP contribution in [0.5, 0.6) is 0 Å². The molecule has 0 aliphatic carbocycles. The Bertz CT molecular complexity index is 701. The van der Waals surface area contributed by atoms with Crippen LogP contribution >= 0.6 is 11.3 Å². The van der Waals surface area contributed by atoms with Crippen LogP contribution in [0.15, 0.2) is 42.0 Å². The summed E-state index contributed by atoms with van der Waals surface area (Å²) in [7, 11) is 0. The fourth-order valence-electron chi connectivity index (χ4n) is 2.45. The van der Waals surface area contributed by atoms with Gasteiger partial charge in [0.1, 0.15) is 0 Å². The Morgan fingerprint density at radius 3 is 3.00 bits per heavy atom. The van der Waals surface area contributed by atoms with E-state index in [1.54, 1.807) is 11.3 Å². The van der Waals surface area contributed by atoms with Gasteiger partial charge in [0.15, 0.2) is 0 Å². The van der Waals surface area contributed by atoms with Gasteiger partial charge in [-0.15, -0.1) is 11.3 Å². The summed E-state index contributed by atoms with van der Waals surface area (Å²) < 4.78 is 3.24. The molecule has 3 rings (SSSR count). The summed E-state index contributed by atoms with van der Waals surface area (Å²) in [4.78, 5) is 0. The van der Waals surface area contributed by atoms with E-state index in [-0.39, 0.29) is 6.04 Å². The number of rotatable bonds is 5. The second kappa shape index (κ2) is 5.75. The summed E-state index contributed by atoms with van der Waals surface area (Å²) in [6, 6.07) is 8.55. The third kappa shape index (κ3) is 2.47. The van der Waals surface area contributed by atoms with Crippen molar-refractivity contribution in [3.05, 3.63) is 53.2 Å². The van der Waals surface area contributed by atoms with Crippen molar-refractivity contribution in [3.63, 3.8) is 0 Å². The van der Waals surface area contributed by atoms with Crippen LogP contribution in [-0.2, 0) is 13.0 Å².